The first-order valence-electron chi connectivity index (χ1n) is 8.98. The number of hydrogen-bond donors (Lipinski definition) is 1. The van der Waals surface area contributed by atoms with Crippen molar-refractivity contribution in [2.24, 2.45) is 0 Å². The van der Waals surface area contributed by atoms with Gasteiger partial charge in [-0.3, -0.25) is 9.69 Å². The maximum absolute atomic E-state index is 12.6. The van der Waals surface area contributed by atoms with Gasteiger partial charge in [0.2, 0.25) is 0 Å². The first kappa shape index (κ1) is 18.4. The number of benzene rings is 2. The fraction of sp³-hybridized carbons (Fsp3) is 0.381. The third-order valence-electron chi connectivity index (χ3n) is 4.80. The number of ether oxygens (including phenoxy) is 2. The van der Waals surface area contributed by atoms with Gasteiger partial charge in [0.1, 0.15) is 5.75 Å². The number of amides is 1. The van der Waals surface area contributed by atoms with Gasteiger partial charge in [0, 0.05) is 25.2 Å². The van der Waals surface area contributed by atoms with Gasteiger partial charge < -0.3 is 14.8 Å². The van der Waals surface area contributed by atoms with Crippen LogP contribution in [0.5, 0.6) is 5.75 Å². The SMILES string of the molecule is COc1cc(C(=O)NCC(c2ccccc2)N2CCOCC2)ccc1C. The molecule has 1 N–H and O–H groups in total. The van der Waals surface area contributed by atoms with Gasteiger partial charge >= 0.3 is 0 Å². The van der Waals surface area contributed by atoms with Crippen molar-refractivity contribution in [1.82, 2.24) is 10.2 Å². The minimum Gasteiger partial charge on any atom is -0.496 e. The molecule has 0 aromatic heterocycles. The number of aryl methyl sites for hydroxylation is 1. The lowest BCUT2D eigenvalue weighted by atomic mass is 10.0. The van der Waals surface area contributed by atoms with Crippen LogP contribution in [0.4, 0.5) is 0 Å². The van der Waals surface area contributed by atoms with E-state index in [1.54, 1.807) is 13.2 Å². The van der Waals surface area contributed by atoms with Crippen molar-refractivity contribution in [3.05, 3.63) is 65.2 Å². The lowest BCUT2D eigenvalue weighted by molar-refractivity contribution is 0.0162. The highest BCUT2D eigenvalue weighted by Crippen LogP contribution is 2.22. The maximum atomic E-state index is 12.6. The van der Waals surface area contributed by atoms with Crippen LogP contribution in [0.25, 0.3) is 0 Å². The molecule has 1 fully saturated rings. The summed E-state index contributed by atoms with van der Waals surface area (Å²) in [5.41, 5.74) is 2.83. The number of carbonyl (C=O) groups is 1. The summed E-state index contributed by atoms with van der Waals surface area (Å²) in [7, 11) is 1.62. The van der Waals surface area contributed by atoms with Crippen LogP contribution in [0, 0.1) is 6.92 Å². The summed E-state index contributed by atoms with van der Waals surface area (Å²) in [4.78, 5) is 15.0. The molecule has 3 rings (SSSR count). The fourth-order valence-electron chi connectivity index (χ4n) is 3.27. The molecule has 1 aliphatic rings. The Morgan fingerprint density at radius 2 is 1.92 bits per heavy atom. The van der Waals surface area contributed by atoms with Crippen molar-refractivity contribution in [3.63, 3.8) is 0 Å². The Hall–Kier alpha value is -2.37. The predicted molar refractivity (Wildman–Crippen MR) is 102 cm³/mol. The highest BCUT2D eigenvalue weighted by atomic mass is 16.5. The summed E-state index contributed by atoms with van der Waals surface area (Å²) in [5.74, 6) is 0.642. The van der Waals surface area contributed by atoms with Crippen LogP contribution in [-0.4, -0.2) is 50.8 Å². The van der Waals surface area contributed by atoms with Crippen molar-refractivity contribution < 1.29 is 14.3 Å². The molecule has 5 nitrogen and oxygen atoms in total. The molecule has 0 spiro atoms. The van der Waals surface area contributed by atoms with Gasteiger partial charge in [-0.1, -0.05) is 36.4 Å². The zero-order valence-electron chi connectivity index (χ0n) is 15.4. The van der Waals surface area contributed by atoms with Gasteiger partial charge in [0.05, 0.1) is 26.4 Å². The quantitative estimate of drug-likeness (QED) is 0.867. The summed E-state index contributed by atoms with van der Waals surface area (Å²) in [6, 6.07) is 16.0. The first-order chi connectivity index (χ1) is 12.7. The molecule has 1 unspecified atom stereocenters. The predicted octanol–water partition coefficient (Wildman–Crippen LogP) is 2.81. The summed E-state index contributed by atoms with van der Waals surface area (Å²) < 4.78 is 10.8. The summed E-state index contributed by atoms with van der Waals surface area (Å²) in [6.07, 6.45) is 0. The van der Waals surface area contributed by atoms with Crippen LogP contribution in [0.3, 0.4) is 0 Å². The molecule has 1 saturated heterocycles. The molecule has 1 atom stereocenters. The number of morpholine rings is 1. The average molecular weight is 354 g/mol. The first-order valence-corrected chi connectivity index (χ1v) is 8.98. The van der Waals surface area contributed by atoms with Crippen LogP contribution in [0.15, 0.2) is 48.5 Å². The van der Waals surface area contributed by atoms with Crippen LogP contribution in [0.2, 0.25) is 0 Å². The van der Waals surface area contributed by atoms with Crippen molar-refractivity contribution in [3.8, 4) is 5.75 Å². The number of carbonyl (C=O) groups excluding carboxylic acids is 1. The fourth-order valence-corrected chi connectivity index (χ4v) is 3.27. The Bertz CT molecular complexity index is 727. The monoisotopic (exact) mass is 354 g/mol. The highest BCUT2D eigenvalue weighted by molar-refractivity contribution is 5.94. The lowest BCUT2D eigenvalue weighted by Crippen LogP contribution is -2.43. The zero-order valence-corrected chi connectivity index (χ0v) is 15.4. The van der Waals surface area contributed by atoms with Crippen molar-refractivity contribution in [2.75, 3.05) is 40.0 Å². The third kappa shape index (κ3) is 4.42. The van der Waals surface area contributed by atoms with Crippen molar-refractivity contribution in [2.45, 2.75) is 13.0 Å². The van der Waals surface area contributed by atoms with E-state index in [0.717, 1.165) is 37.6 Å². The molecule has 1 heterocycles. The number of methoxy groups -OCH3 is 1. The molecule has 0 bridgehead atoms. The van der Waals surface area contributed by atoms with Crippen LogP contribution in [0.1, 0.15) is 27.5 Å². The minimum atomic E-state index is -0.0857. The van der Waals surface area contributed by atoms with E-state index in [1.165, 1.54) is 5.56 Å². The standard InChI is InChI=1S/C21H26N2O3/c1-16-8-9-18(14-20(16)25-2)21(24)22-15-19(17-6-4-3-5-7-17)23-10-12-26-13-11-23/h3-9,14,19H,10-13,15H2,1-2H3,(H,22,24). The molecular formula is C21H26N2O3. The summed E-state index contributed by atoms with van der Waals surface area (Å²) in [6.45, 7) is 5.71. The third-order valence-corrected chi connectivity index (χ3v) is 4.80. The topological polar surface area (TPSA) is 50.8 Å². The molecule has 138 valence electrons. The molecule has 2 aromatic rings. The molecule has 0 aliphatic carbocycles. The van der Waals surface area contributed by atoms with Crippen molar-refractivity contribution >= 4 is 5.91 Å². The van der Waals surface area contributed by atoms with E-state index in [1.807, 2.05) is 37.3 Å². The largest absolute Gasteiger partial charge is 0.496 e. The van der Waals surface area contributed by atoms with E-state index in [4.69, 9.17) is 9.47 Å². The van der Waals surface area contributed by atoms with E-state index in [2.05, 4.69) is 22.3 Å². The van der Waals surface area contributed by atoms with Gasteiger partial charge in [-0.25, -0.2) is 0 Å². The molecule has 1 aliphatic heterocycles. The Kier molecular flexibility index (Phi) is 6.26. The second-order valence-corrected chi connectivity index (χ2v) is 6.47. The average Bonchev–Trinajstić information content (AvgIpc) is 2.70. The summed E-state index contributed by atoms with van der Waals surface area (Å²) >= 11 is 0. The smallest absolute Gasteiger partial charge is 0.251 e. The number of rotatable bonds is 6. The molecule has 1 amide bonds. The van der Waals surface area contributed by atoms with Crippen LogP contribution in [-0.2, 0) is 4.74 Å². The maximum Gasteiger partial charge on any atom is 0.251 e. The van der Waals surface area contributed by atoms with Gasteiger partial charge in [0.25, 0.3) is 5.91 Å². The van der Waals surface area contributed by atoms with Crippen molar-refractivity contribution in [1.29, 1.82) is 0 Å². The second kappa shape index (κ2) is 8.83. The molecule has 5 heteroatoms. The van der Waals surface area contributed by atoms with Crippen LogP contribution < -0.4 is 10.1 Å². The summed E-state index contributed by atoms with van der Waals surface area (Å²) in [5, 5.41) is 3.09. The Balaban J connectivity index is 1.72. The second-order valence-electron chi connectivity index (χ2n) is 6.47. The minimum absolute atomic E-state index is 0.0857. The van der Waals surface area contributed by atoms with Gasteiger partial charge in [0.15, 0.2) is 0 Å². The highest BCUT2D eigenvalue weighted by Gasteiger charge is 2.23. The van der Waals surface area contributed by atoms with Gasteiger partial charge in [-0.2, -0.15) is 0 Å². The van der Waals surface area contributed by atoms with Crippen LogP contribution >= 0.6 is 0 Å². The molecular weight excluding hydrogens is 328 g/mol. The van der Waals surface area contributed by atoms with E-state index in [9.17, 15) is 4.79 Å². The number of hydrogen-bond acceptors (Lipinski definition) is 4. The molecule has 26 heavy (non-hydrogen) atoms. The normalized spacial score (nSPS) is 16.1. The molecule has 0 saturated carbocycles. The molecule has 2 aromatic carbocycles. The Labute approximate surface area is 154 Å². The number of nitrogens with zero attached hydrogens (tertiary/aromatic N) is 1. The van der Waals surface area contributed by atoms with E-state index >= 15 is 0 Å². The van der Waals surface area contributed by atoms with E-state index in [-0.39, 0.29) is 11.9 Å². The number of nitrogens with one attached hydrogen (secondary N) is 1. The van der Waals surface area contributed by atoms with E-state index < -0.39 is 0 Å². The lowest BCUT2D eigenvalue weighted by Gasteiger charge is -2.35. The van der Waals surface area contributed by atoms with Gasteiger partial charge in [-0.05, 0) is 30.2 Å². The van der Waals surface area contributed by atoms with Gasteiger partial charge in [-0.15, -0.1) is 0 Å². The van der Waals surface area contributed by atoms with E-state index in [0.29, 0.717) is 12.1 Å². The Morgan fingerprint density at radius 3 is 2.62 bits per heavy atom. The Morgan fingerprint density at radius 1 is 1.19 bits per heavy atom. The zero-order chi connectivity index (χ0) is 18.4. The molecule has 0 radical (unpaired) electrons.